The minimum atomic E-state index is -0.0239. The Morgan fingerprint density at radius 2 is 1.93 bits per heavy atom. The molecule has 1 aromatic carbocycles. The zero-order chi connectivity index (χ0) is 20.9. The highest BCUT2D eigenvalue weighted by molar-refractivity contribution is 5.84. The fourth-order valence-corrected chi connectivity index (χ4v) is 3.02. The third-order valence-corrected chi connectivity index (χ3v) is 4.80. The number of guanidine groups is 1. The molecule has 1 heterocycles. The first-order chi connectivity index (χ1) is 14.1. The van der Waals surface area contributed by atoms with Gasteiger partial charge in [-0.05, 0) is 31.0 Å². The molecule has 2 N–H and O–H groups in total. The molecule has 0 unspecified atom stereocenters. The molecule has 8 heteroatoms. The van der Waals surface area contributed by atoms with Crippen molar-refractivity contribution < 1.29 is 14.3 Å². The van der Waals surface area contributed by atoms with Crippen molar-refractivity contribution in [1.29, 1.82) is 0 Å². The van der Waals surface area contributed by atoms with Gasteiger partial charge in [-0.15, -0.1) is 0 Å². The van der Waals surface area contributed by atoms with Crippen molar-refractivity contribution >= 4 is 11.9 Å². The molecule has 0 aromatic heterocycles. The predicted molar refractivity (Wildman–Crippen MR) is 116 cm³/mol. The van der Waals surface area contributed by atoms with E-state index in [0.717, 1.165) is 63.5 Å². The zero-order valence-corrected chi connectivity index (χ0v) is 17.9. The van der Waals surface area contributed by atoms with E-state index in [2.05, 4.69) is 26.6 Å². The van der Waals surface area contributed by atoms with Gasteiger partial charge in [-0.1, -0.05) is 18.2 Å². The summed E-state index contributed by atoms with van der Waals surface area (Å²) in [5, 5.41) is 6.68. The third kappa shape index (κ3) is 8.70. The fraction of sp³-hybridized carbons (Fsp3) is 0.619. The van der Waals surface area contributed by atoms with E-state index in [0.29, 0.717) is 12.5 Å². The minimum Gasteiger partial charge on any atom is -0.496 e. The molecule has 2 rings (SSSR count). The Kier molecular flexibility index (Phi) is 10.3. The van der Waals surface area contributed by atoms with Crippen molar-refractivity contribution in [3.63, 3.8) is 0 Å². The van der Waals surface area contributed by atoms with Crippen LogP contribution in [0.25, 0.3) is 0 Å². The van der Waals surface area contributed by atoms with Crippen molar-refractivity contribution in [2.24, 2.45) is 4.99 Å². The van der Waals surface area contributed by atoms with Gasteiger partial charge in [0.2, 0.25) is 5.91 Å². The molecular formula is C21H35N5O3. The van der Waals surface area contributed by atoms with Gasteiger partial charge in [-0.2, -0.15) is 0 Å². The molecule has 0 bridgehead atoms. The summed E-state index contributed by atoms with van der Waals surface area (Å²) in [6, 6.07) is 7.99. The van der Waals surface area contributed by atoms with Crippen molar-refractivity contribution in [2.75, 3.05) is 73.7 Å². The summed E-state index contributed by atoms with van der Waals surface area (Å²) < 4.78 is 10.8. The Morgan fingerprint density at radius 3 is 2.66 bits per heavy atom. The van der Waals surface area contributed by atoms with Gasteiger partial charge in [-0.3, -0.25) is 9.69 Å². The number of methoxy groups -OCH3 is 1. The Morgan fingerprint density at radius 1 is 1.21 bits per heavy atom. The molecule has 0 spiro atoms. The van der Waals surface area contributed by atoms with Crippen LogP contribution in [0.5, 0.6) is 5.75 Å². The lowest BCUT2D eigenvalue weighted by Crippen LogP contribution is -2.41. The zero-order valence-electron chi connectivity index (χ0n) is 17.9. The number of amides is 1. The van der Waals surface area contributed by atoms with Gasteiger partial charge >= 0.3 is 0 Å². The number of ether oxygens (including phenoxy) is 2. The van der Waals surface area contributed by atoms with E-state index in [1.807, 2.05) is 18.2 Å². The smallest absolute Gasteiger partial charge is 0.243 e. The van der Waals surface area contributed by atoms with Gasteiger partial charge in [-0.25, -0.2) is 4.99 Å². The number of hydrogen-bond donors (Lipinski definition) is 2. The van der Waals surface area contributed by atoms with E-state index in [1.54, 1.807) is 26.1 Å². The topological polar surface area (TPSA) is 78.4 Å². The van der Waals surface area contributed by atoms with Crippen LogP contribution in [0.3, 0.4) is 0 Å². The van der Waals surface area contributed by atoms with Gasteiger partial charge in [0.25, 0.3) is 0 Å². The lowest BCUT2D eigenvalue weighted by Gasteiger charge is -2.26. The molecule has 0 radical (unpaired) electrons. The van der Waals surface area contributed by atoms with Gasteiger partial charge in [0.1, 0.15) is 12.3 Å². The largest absolute Gasteiger partial charge is 0.496 e. The molecule has 0 saturated carbocycles. The summed E-state index contributed by atoms with van der Waals surface area (Å²) in [7, 11) is 5.16. The number of nitrogens with one attached hydrogen (secondary N) is 2. The highest BCUT2D eigenvalue weighted by Crippen LogP contribution is 2.17. The molecule has 1 fully saturated rings. The lowest BCUT2D eigenvalue weighted by atomic mass is 10.1. The minimum absolute atomic E-state index is 0.0239. The van der Waals surface area contributed by atoms with E-state index in [1.165, 1.54) is 0 Å². The van der Waals surface area contributed by atoms with Crippen LogP contribution in [0.4, 0.5) is 0 Å². The van der Waals surface area contributed by atoms with Gasteiger partial charge in [0, 0.05) is 40.3 Å². The second-order valence-corrected chi connectivity index (χ2v) is 7.18. The van der Waals surface area contributed by atoms with E-state index in [4.69, 9.17) is 9.47 Å². The average Bonchev–Trinajstić information content (AvgIpc) is 2.75. The van der Waals surface area contributed by atoms with Crippen LogP contribution in [0.15, 0.2) is 29.3 Å². The second-order valence-electron chi connectivity index (χ2n) is 7.18. The molecule has 1 saturated heterocycles. The van der Waals surface area contributed by atoms with Crippen LogP contribution < -0.4 is 15.4 Å². The number of carbonyl (C=O) groups is 1. The maximum Gasteiger partial charge on any atom is 0.243 e. The first-order valence-corrected chi connectivity index (χ1v) is 10.2. The molecule has 0 atom stereocenters. The van der Waals surface area contributed by atoms with Crippen LogP contribution in [0, 0.1) is 0 Å². The van der Waals surface area contributed by atoms with Gasteiger partial charge in [0.15, 0.2) is 5.96 Å². The van der Waals surface area contributed by atoms with Crippen molar-refractivity contribution in [3.8, 4) is 5.75 Å². The normalized spacial score (nSPS) is 15.1. The first kappa shape index (κ1) is 23.0. The molecule has 29 heavy (non-hydrogen) atoms. The van der Waals surface area contributed by atoms with Gasteiger partial charge in [0.05, 0.1) is 20.3 Å². The van der Waals surface area contributed by atoms with Crippen LogP contribution >= 0.6 is 0 Å². The van der Waals surface area contributed by atoms with Crippen molar-refractivity contribution in [1.82, 2.24) is 20.4 Å². The van der Waals surface area contributed by atoms with Gasteiger partial charge < -0.3 is 25.0 Å². The molecule has 1 amide bonds. The summed E-state index contributed by atoms with van der Waals surface area (Å²) in [4.78, 5) is 20.3. The third-order valence-electron chi connectivity index (χ3n) is 4.80. The monoisotopic (exact) mass is 405 g/mol. The fourth-order valence-electron chi connectivity index (χ4n) is 3.02. The second kappa shape index (κ2) is 13.0. The Hall–Kier alpha value is -2.32. The standard InChI is InChI=1S/C21H35N5O3/c1-25(2)20(27)17-24-21(22-10-6-12-26-13-15-29-16-14-26)23-11-9-18-7-4-5-8-19(18)28-3/h4-5,7-8H,6,9-17H2,1-3H3,(H2,22,23,24). The van der Waals surface area contributed by atoms with E-state index < -0.39 is 0 Å². The van der Waals surface area contributed by atoms with Crippen LogP contribution in [-0.2, 0) is 16.0 Å². The van der Waals surface area contributed by atoms with Crippen LogP contribution in [0.2, 0.25) is 0 Å². The number of hydrogen-bond acceptors (Lipinski definition) is 5. The Balaban J connectivity index is 1.81. The quantitative estimate of drug-likeness (QED) is 0.337. The molecular weight excluding hydrogens is 370 g/mol. The number of nitrogens with zero attached hydrogens (tertiary/aromatic N) is 3. The summed E-state index contributed by atoms with van der Waals surface area (Å²) >= 11 is 0. The number of rotatable bonds is 10. The number of aliphatic imine (C=N–C) groups is 1. The summed E-state index contributed by atoms with van der Waals surface area (Å²) in [5.41, 5.74) is 1.14. The number of likely N-dealkylation sites (N-methyl/N-ethyl adjacent to an activating group) is 1. The number of morpholine rings is 1. The summed E-state index contributed by atoms with van der Waals surface area (Å²) in [5.74, 6) is 1.52. The summed E-state index contributed by atoms with van der Waals surface area (Å²) in [6.07, 6.45) is 1.81. The van der Waals surface area contributed by atoms with E-state index in [-0.39, 0.29) is 12.5 Å². The maximum absolute atomic E-state index is 11.9. The molecule has 1 aliphatic rings. The molecule has 162 valence electrons. The SMILES string of the molecule is COc1ccccc1CCNC(=NCC(=O)N(C)C)NCCCN1CCOCC1. The Bertz CT molecular complexity index is 645. The van der Waals surface area contributed by atoms with E-state index in [9.17, 15) is 4.79 Å². The van der Waals surface area contributed by atoms with E-state index >= 15 is 0 Å². The Labute approximate surface area is 174 Å². The highest BCUT2D eigenvalue weighted by Gasteiger charge is 2.10. The number of benzene rings is 1. The first-order valence-electron chi connectivity index (χ1n) is 10.2. The summed E-state index contributed by atoms with van der Waals surface area (Å²) in [6.45, 7) is 6.28. The highest BCUT2D eigenvalue weighted by atomic mass is 16.5. The molecule has 1 aliphatic heterocycles. The van der Waals surface area contributed by atoms with Crippen molar-refractivity contribution in [3.05, 3.63) is 29.8 Å². The molecule has 1 aromatic rings. The lowest BCUT2D eigenvalue weighted by molar-refractivity contribution is -0.127. The molecule has 0 aliphatic carbocycles. The predicted octanol–water partition coefficient (Wildman–Crippen LogP) is 0.583. The van der Waals surface area contributed by atoms with Crippen LogP contribution in [-0.4, -0.2) is 95.4 Å². The van der Waals surface area contributed by atoms with Crippen molar-refractivity contribution in [2.45, 2.75) is 12.8 Å². The number of carbonyl (C=O) groups excluding carboxylic acids is 1. The molecule has 8 nitrogen and oxygen atoms in total. The average molecular weight is 406 g/mol. The maximum atomic E-state index is 11.9. The number of para-hydroxylation sites is 1. The van der Waals surface area contributed by atoms with Crippen LogP contribution in [0.1, 0.15) is 12.0 Å².